The highest BCUT2D eigenvalue weighted by Crippen LogP contribution is 2.49. The van der Waals surface area contributed by atoms with Gasteiger partial charge in [-0.1, -0.05) is 54.1 Å². The molecule has 152 valence electrons. The lowest BCUT2D eigenvalue weighted by Gasteiger charge is -2.37. The molecule has 0 N–H and O–H groups in total. The van der Waals surface area contributed by atoms with E-state index in [9.17, 15) is 9.59 Å². The van der Waals surface area contributed by atoms with Crippen LogP contribution in [-0.2, 0) is 16.2 Å². The molecule has 0 spiro atoms. The number of carbonyl (C=O) groups excluding carboxylic acids is 2. The van der Waals surface area contributed by atoms with Gasteiger partial charge >= 0.3 is 0 Å². The van der Waals surface area contributed by atoms with E-state index in [-0.39, 0.29) is 35.5 Å². The molecule has 1 saturated carbocycles. The van der Waals surface area contributed by atoms with Crippen molar-refractivity contribution in [2.45, 2.75) is 19.4 Å². The van der Waals surface area contributed by atoms with Crippen LogP contribution in [0.3, 0.4) is 0 Å². The van der Waals surface area contributed by atoms with Gasteiger partial charge in [0.1, 0.15) is 12.4 Å². The number of benzene rings is 2. The Morgan fingerprint density at radius 3 is 2.37 bits per heavy atom. The molecule has 2 amide bonds. The molecule has 2 fully saturated rings. The zero-order valence-corrected chi connectivity index (χ0v) is 17.0. The van der Waals surface area contributed by atoms with Crippen LogP contribution < -0.4 is 4.74 Å². The Kier molecular flexibility index (Phi) is 4.91. The molecule has 0 radical (unpaired) electrons. The van der Waals surface area contributed by atoms with Crippen molar-refractivity contribution in [2.75, 3.05) is 0 Å². The molecule has 0 aromatic heterocycles. The van der Waals surface area contributed by atoms with Crippen molar-refractivity contribution in [3.63, 3.8) is 0 Å². The van der Waals surface area contributed by atoms with Crippen LogP contribution in [0.5, 0.6) is 5.75 Å². The van der Waals surface area contributed by atoms with Crippen molar-refractivity contribution in [1.29, 1.82) is 0 Å². The van der Waals surface area contributed by atoms with Crippen molar-refractivity contribution in [2.24, 2.45) is 28.8 Å². The zero-order chi connectivity index (χ0) is 20.7. The smallest absolute Gasteiger partial charge is 0.254 e. The standard InChI is InChI=1S/C24H21ClN2O3/c25-20-7-2-1-5-18(20)14-30-19-6-3-4-15(12-19)13-26-27-23(28)21-16-8-9-17(11-10-16)22(21)24(27)29/h1-9,12-13,16-17,21-22H,10-11,14H2/b26-13-/t16-,17-,21+,22+/m1/s1. The molecule has 2 aromatic carbocycles. The van der Waals surface area contributed by atoms with Gasteiger partial charge in [0.2, 0.25) is 0 Å². The number of hydrogen-bond donors (Lipinski definition) is 0. The monoisotopic (exact) mass is 420 g/mol. The number of amides is 2. The Balaban J connectivity index is 1.29. The lowest BCUT2D eigenvalue weighted by atomic mass is 9.63. The third-order valence-corrected chi connectivity index (χ3v) is 6.64. The summed E-state index contributed by atoms with van der Waals surface area (Å²) < 4.78 is 5.84. The first-order valence-electron chi connectivity index (χ1n) is 10.2. The Morgan fingerprint density at radius 1 is 1.00 bits per heavy atom. The van der Waals surface area contributed by atoms with Crippen LogP contribution in [0.25, 0.3) is 0 Å². The number of hydrogen-bond acceptors (Lipinski definition) is 4. The van der Waals surface area contributed by atoms with E-state index in [2.05, 4.69) is 17.3 Å². The predicted molar refractivity (Wildman–Crippen MR) is 114 cm³/mol. The number of hydrazone groups is 1. The van der Waals surface area contributed by atoms with Crippen LogP contribution in [0.1, 0.15) is 24.0 Å². The maximum absolute atomic E-state index is 12.8. The molecule has 2 aromatic rings. The van der Waals surface area contributed by atoms with Gasteiger partial charge in [-0.3, -0.25) is 9.59 Å². The van der Waals surface area contributed by atoms with Gasteiger partial charge in [-0.25, -0.2) is 0 Å². The maximum Gasteiger partial charge on any atom is 0.254 e. The second-order valence-electron chi connectivity index (χ2n) is 8.03. The maximum atomic E-state index is 12.8. The quantitative estimate of drug-likeness (QED) is 0.408. The van der Waals surface area contributed by atoms with Gasteiger partial charge in [0, 0.05) is 10.6 Å². The average molecular weight is 421 g/mol. The molecule has 1 heterocycles. The number of rotatable bonds is 5. The summed E-state index contributed by atoms with van der Waals surface area (Å²) in [6.07, 6.45) is 7.71. The lowest BCUT2D eigenvalue weighted by molar-refractivity contribution is -0.140. The molecule has 2 bridgehead atoms. The summed E-state index contributed by atoms with van der Waals surface area (Å²) in [5.74, 6) is 0.149. The highest BCUT2D eigenvalue weighted by atomic mass is 35.5. The molecular formula is C24H21ClN2O3. The van der Waals surface area contributed by atoms with E-state index >= 15 is 0 Å². The fourth-order valence-corrected chi connectivity index (χ4v) is 4.95. The second kappa shape index (κ2) is 7.73. The van der Waals surface area contributed by atoms with Gasteiger partial charge in [-0.15, -0.1) is 0 Å². The normalized spacial score (nSPS) is 27.2. The highest BCUT2D eigenvalue weighted by molar-refractivity contribution is 6.31. The Labute approximate surface area is 180 Å². The minimum absolute atomic E-state index is 0.165. The fraction of sp³-hybridized carbons (Fsp3) is 0.292. The zero-order valence-electron chi connectivity index (χ0n) is 16.3. The Hall–Kier alpha value is -2.92. The first-order chi connectivity index (χ1) is 14.6. The molecule has 4 aliphatic rings. The molecule has 1 saturated heterocycles. The van der Waals surface area contributed by atoms with Gasteiger partial charge in [0.15, 0.2) is 0 Å². The van der Waals surface area contributed by atoms with Crippen molar-refractivity contribution in [1.82, 2.24) is 5.01 Å². The molecule has 5 nitrogen and oxygen atoms in total. The van der Waals surface area contributed by atoms with Crippen LogP contribution in [-0.4, -0.2) is 23.0 Å². The molecule has 3 aliphatic carbocycles. The molecule has 6 rings (SSSR count). The van der Waals surface area contributed by atoms with Crippen LogP contribution in [0.4, 0.5) is 0 Å². The third-order valence-electron chi connectivity index (χ3n) is 6.27. The van der Waals surface area contributed by atoms with E-state index in [4.69, 9.17) is 16.3 Å². The number of ether oxygens (including phenoxy) is 1. The summed E-state index contributed by atoms with van der Waals surface area (Å²) in [5.41, 5.74) is 1.65. The molecule has 30 heavy (non-hydrogen) atoms. The van der Waals surface area contributed by atoms with E-state index in [1.165, 1.54) is 0 Å². The van der Waals surface area contributed by atoms with Crippen molar-refractivity contribution >= 4 is 29.6 Å². The van der Waals surface area contributed by atoms with Crippen LogP contribution in [0.2, 0.25) is 5.02 Å². The highest BCUT2D eigenvalue weighted by Gasteiger charge is 2.56. The summed E-state index contributed by atoms with van der Waals surface area (Å²) >= 11 is 6.17. The van der Waals surface area contributed by atoms with E-state index in [1.54, 1.807) is 6.21 Å². The largest absolute Gasteiger partial charge is 0.489 e. The number of halogens is 1. The number of fused-ring (bicyclic) bond motifs is 1. The molecule has 4 atom stereocenters. The van der Waals surface area contributed by atoms with Crippen LogP contribution in [0.15, 0.2) is 65.8 Å². The predicted octanol–water partition coefficient (Wildman–Crippen LogP) is 4.45. The molecular weight excluding hydrogens is 400 g/mol. The summed E-state index contributed by atoms with van der Waals surface area (Å²) in [6.45, 7) is 0.350. The van der Waals surface area contributed by atoms with Gasteiger partial charge in [0.05, 0.1) is 18.1 Å². The average Bonchev–Trinajstić information content (AvgIpc) is 3.05. The minimum Gasteiger partial charge on any atom is -0.489 e. The van der Waals surface area contributed by atoms with Crippen LogP contribution >= 0.6 is 11.6 Å². The molecule has 0 unspecified atom stereocenters. The topological polar surface area (TPSA) is 59.0 Å². The fourth-order valence-electron chi connectivity index (χ4n) is 4.76. The van der Waals surface area contributed by atoms with Gasteiger partial charge in [0.25, 0.3) is 11.8 Å². The second-order valence-corrected chi connectivity index (χ2v) is 8.43. The third kappa shape index (κ3) is 3.33. The number of imide groups is 1. The van der Waals surface area contributed by atoms with E-state index in [0.29, 0.717) is 17.4 Å². The SMILES string of the molecule is O=C1[C@@H]2[C@@H](C(=O)N1/N=C\c1cccc(OCc3ccccc3Cl)c1)[C@@H]1C=C[C@@H]2CC1. The van der Waals surface area contributed by atoms with Gasteiger partial charge in [-0.2, -0.15) is 10.1 Å². The van der Waals surface area contributed by atoms with E-state index < -0.39 is 0 Å². The van der Waals surface area contributed by atoms with Crippen LogP contribution in [0, 0.1) is 23.7 Å². The summed E-state index contributed by atoms with van der Waals surface area (Å²) in [5, 5.41) is 5.99. The van der Waals surface area contributed by atoms with Gasteiger partial charge < -0.3 is 4.74 Å². The van der Waals surface area contributed by atoms with Crippen molar-refractivity contribution in [3.8, 4) is 5.75 Å². The minimum atomic E-state index is -0.247. The van der Waals surface area contributed by atoms with Crippen molar-refractivity contribution < 1.29 is 14.3 Å². The van der Waals surface area contributed by atoms with Crippen molar-refractivity contribution in [3.05, 3.63) is 76.8 Å². The molecule has 1 aliphatic heterocycles. The molecule has 6 heteroatoms. The van der Waals surface area contributed by atoms with E-state index in [0.717, 1.165) is 29.0 Å². The summed E-state index contributed by atoms with van der Waals surface area (Å²) in [6, 6.07) is 14.9. The number of nitrogens with zero attached hydrogens (tertiary/aromatic N) is 2. The summed E-state index contributed by atoms with van der Waals surface area (Å²) in [7, 11) is 0. The van der Waals surface area contributed by atoms with Gasteiger partial charge in [-0.05, 0) is 48.4 Å². The lowest BCUT2D eigenvalue weighted by Crippen LogP contribution is -2.38. The van der Waals surface area contributed by atoms with E-state index in [1.807, 2.05) is 48.5 Å². The first kappa shape index (κ1) is 19.1. The number of carbonyl (C=O) groups is 2. The number of allylic oxidation sites excluding steroid dienone is 2. The Morgan fingerprint density at radius 2 is 1.70 bits per heavy atom. The first-order valence-corrected chi connectivity index (χ1v) is 10.6. The summed E-state index contributed by atoms with van der Waals surface area (Å²) in [4.78, 5) is 25.7. The Bertz CT molecular complexity index is 1030.